The summed E-state index contributed by atoms with van der Waals surface area (Å²) in [4.78, 5) is 26.0. The number of amides is 1. The van der Waals surface area contributed by atoms with Crippen molar-refractivity contribution in [3.63, 3.8) is 0 Å². The van der Waals surface area contributed by atoms with Crippen LogP contribution in [0.3, 0.4) is 0 Å². The minimum absolute atomic E-state index is 0.0518. The fourth-order valence-electron chi connectivity index (χ4n) is 8.20. The summed E-state index contributed by atoms with van der Waals surface area (Å²) in [6.45, 7) is 12.5. The maximum atomic E-state index is 13.7. The molecule has 0 saturated heterocycles. The summed E-state index contributed by atoms with van der Waals surface area (Å²) in [6, 6.07) is 11.1. The number of rotatable bonds is 18. The molecular weight excluding hydrogens is 710 g/mol. The lowest BCUT2D eigenvalue weighted by Crippen LogP contribution is -2.69. The Kier molecular flexibility index (Phi) is 14.5. The number of benzene rings is 1. The van der Waals surface area contributed by atoms with Crippen LogP contribution >= 0.6 is 11.6 Å². The minimum Gasteiger partial charge on any atom is -0.487 e. The van der Waals surface area contributed by atoms with Gasteiger partial charge in [-0.2, -0.15) is 0 Å². The molecule has 1 aromatic carbocycles. The number of ether oxygens (including phenoxy) is 4. The normalized spacial score (nSPS) is 25.1. The van der Waals surface area contributed by atoms with E-state index in [1.54, 1.807) is 18.0 Å². The molecular formula is C42H58ClN3O8. The van der Waals surface area contributed by atoms with Gasteiger partial charge in [0.1, 0.15) is 36.4 Å². The lowest BCUT2D eigenvalue weighted by Gasteiger charge is -2.59. The number of nitrogens with zero attached hydrogens (tertiary/aromatic N) is 3. The van der Waals surface area contributed by atoms with Crippen molar-refractivity contribution in [2.45, 2.75) is 103 Å². The highest BCUT2D eigenvalue weighted by molar-refractivity contribution is 6.18. The number of hydrogen-bond donors (Lipinski definition) is 2. The summed E-state index contributed by atoms with van der Waals surface area (Å²) in [6.07, 6.45) is 8.43. The summed E-state index contributed by atoms with van der Waals surface area (Å²) < 4.78 is 26.0. The number of alkyl halides is 1. The van der Waals surface area contributed by atoms with E-state index >= 15 is 0 Å². The predicted octanol–water partition coefficient (Wildman–Crippen LogP) is 7.71. The third kappa shape index (κ3) is 9.59. The first kappa shape index (κ1) is 41.5. The zero-order valence-corrected chi connectivity index (χ0v) is 33.2. The molecule has 296 valence electrons. The fourth-order valence-corrected chi connectivity index (χ4v) is 8.28. The molecule has 2 aromatic rings. The van der Waals surface area contributed by atoms with E-state index in [0.717, 1.165) is 48.2 Å². The molecule has 11 nitrogen and oxygen atoms in total. The van der Waals surface area contributed by atoms with Crippen molar-refractivity contribution in [3.05, 3.63) is 77.7 Å². The number of fused-ring (bicyclic) bond motifs is 2. The van der Waals surface area contributed by atoms with Crippen molar-refractivity contribution in [2.75, 3.05) is 39.4 Å². The molecule has 1 fully saturated rings. The van der Waals surface area contributed by atoms with Gasteiger partial charge in [0, 0.05) is 43.9 Å². The van der Waals surface area contributed by atoms with Gasteiger partial charge in [0.25, 0.3) is 0 Å². The molecule has 2 N–H and O–H groups in total. The van der Waals surface area contributed by atoms with Gasteiger partial charge >= 0.3 is 6.09 Å². The number of aliphatic hydroxyl groups is 2. The van der Waals surface area contributed by atoms with Gasteiger partial charge in [0.2, 0.25) is 5.79 Å². The molecule has 1 saturated carbocycles. The average molecular weight is 768 g/mol. The molecule has 54 heavy (non-hydrogen) atoms. The number of oxime groups is 1. The van der Waals surface area contributed by atoms with E-state index in [4.69, 9.17) is 40.5 Å². The van der Waals surface area contributed by atoms with E-state index in [9.17, 15) is 15.0 Å². The molecule has 6 atom stereocenters. The number of allylic oxidation sites excluding steroid dienone is 1. The minimum atomic E-state index is -1.37. The van der Waals surface area contributed by atoms with Crippen LogP contribution in [-0.4, -0.2) is 88.7 Å². The summed E-state index contributed by atoms with van der Waals surface area (Å²) in [5.74, 6) is -0.297. The summed E-state index contributed by atoms with van der Waals surface area (Å²) in [7, 11) is 1.70. The second-order valence-electron chi connectivity index (χ2n) is 15.4. The third-order valence-corrected chi connectivity index (χ3v) is 10.6. The van der Waals surface area contributed by atoms with Crippen LogP contribution in [0.4, 0.5) is 4.79 Å². The Balaban J connectivity index is 1.73. The van der Waals surface area contributed by atoms with Crippen LogP contribution in [0.2, 0.25) is 0 Å². The Bertz CT molecular complexity index is 1640. The lowest BCUT2D eigenvalue weighted by molar-refractivity contribution is -0.253. The highest BCUT2D eigenvalue weighted by Crippen LogP contribution is 2.61. The van der Waals surface area contributed by atoms with Crippen molar-refractivity contribution in [1.82, 2.24) is 9.88 Å². The van der Waals surface area contributed by atoms with Gasteiger partial charge in [-0.3, -0.25) is 4.98 Å². The molecule has 3 aliphatic rings. The Morgan fingerprint density at radius 3 is 2.59 bits per heavy atom. The number of aliphatic hydroxyl groups excluding tert-OH is 2. The van der Waals surface area contributed by atoms with E-state index in [-0.39, 0.29) is 56.5 Å². The fraction of sp³-hybridized carbons (Fsp3) is 0.595. The van der Waals surface area contributed by atoms with Gasteiger partial charge in [-0.05, 0) is 101 Å². The molecule has 5 rings (SSSR count). The number of aromatic nitrogens is 1. The van der Waals surface area contributed by atoms with Crippen molar-refractivity contribution in [3.8, 4) is 11.5 Å². The Morgan fingerprint density at radius 2 is 1.91 bits per heavy atom. The van der Waals surface area contributed by atoms with Crippen molar-refractivity contribution >= 4 is 23.4 Å². The van der Waals surface area contributed by atoms with Crippen LogP contribution in [-0.2, 0) is 20.9 Å². The number of aryl methyl sites for hydroxylation is 1. The standard InChI is InChI=1S/C42H58ClN3O8/c1-7-22-52-42-37(46(6)40(49)50-23-19-43)26-35(45-54-41(3,4)5)33-24-29(14-8-10-20-47)32(16-9-11-21-48)38(39(33)42)34-25-31(17-18-36(34)53-42)51-27-30-15-12-13-28(2)44-30/h7,12-13,15,17-18,24-25,29,32,37-39,47-48H,1,8-11,14,16,19-23,26-27H2,2-6H3. The Hall–Kier alpha value is -3.64. The first-order chi connectivity index (χ1) is 26.0. The number of halogens is 1. The third-order valence-electron chi connectivity index (χ3n) is 10.5. The van der Waals surface area contributed by atoms with E-state index < -0.39 is 29.4 Å². The lowest BCUT2D eigenvalue weighted by atomic mass is 9.55. The summed E-state index contributed by atoms with van der Waals surface area (Å²) in [5.41, 5.74) is 3.82. The molecule has 1 amide bonds. The van der Waals surface area contributed by atoms with Crippen LogP contribution < -0.4 is 9.47 Å². The van der Waals surface area contributed by atoms with Gasteiger partial charge in [-0.15, -0.1) is 18.2 Å². The topological polar surface area (TPSA) is 132 Å². The zero-order chi connectivity index (χ0) is 38.9. The van der Waals surface area contributed by atoms with Crippen molar-refractivity contribution in [2.24, 2.45) is 22.9 Å². The highest BCUT2D eigenvalue weighted by Gasteiger charge is 2.65. The van der Waals surface area contributed by atoms with Crippen LogP contribution in [0.1, 0.15) is 88.6 Å². The van der Waals surface area contributed by atoms with E-state index in [2.05, 4.69) is 23.7 Å². The van der Waals surface area contributed by atoms with Gasteiger partial charge in [0.05, 0.1) is 29.8 Å². The van der Waals surface area contributed by atoms with E-state index in [0.29, 0.717) is 36.7 Å². The SMILES string of the molecule is C=CCOC12Oc3ccc(OCc4cccc(C)n4)cc3C3C(CCCCO)C(CCCCO)C=C(C(=NOC(C)(C)C)CC1N(C)C(=O)OCCCl)C32. The predicted molar refractivity (Wildman–Crippen MR) is 209 cm³/mol. The summed E-state index contributed by atoms with van der Waals surface area (Å²) >= 11 is 5.93. The molecule has 0 radical (unpaired) electrons. The second kappa shape index (κ2) is 18.8. The monoisotopic (exact) mass is 767 g/mol. The van der Waals surface area contributed by atoms with Crippen LogP contribution in [0.5, 0.6) is 11.5 Å². The van der Waals surface area contributed by atoms with Gasteiger partial charge in [0.15, 0.2) is 0 Å². The molecule has 0 bridgehead atoms. The number of carbonyl (C=O) groups is 1. The number of hydrogen-bond acceptors (Lipinski definition) is 10. The van der Waals surface area contributed by atoms with Crippen LogP contribution in [0.15, 0.2) is 65.9 Å². The van der Waals surface area contributed by atoms with Crippen molar-refractivity contribution in [1.29, 1.82) is 0 Å². The Labute approximate surface area is 325 Å². The molecule has 6 unspecified atom stereocenters. The van der Waals surface area contributed by atoms with Crippen molar-refractivity contribution < 1.29 is 38.8 Å². The molecule has 1 aliphatic heterocycles. The first-order valence-corrected chi connectivity index (χ1v) is 19.8. The molecule has 1 aromatic heterocycles. The highest BCUT2D eigenvalue weighted by atomic mass is 35.5. The number of unbranched alkanes of at least 4 members (excludes halogenated alkanes) is 2. The number of carbonyl (C=O) groups excluding carboxylic acids is 1. The van der Waals surface area contributed by atoms with Crippen LogP contribution in [0, 0.1) is 24.7 Å². The number of likely N-dealkylation sites (N-methyl/N-ethyl adjacent to an activating group) is 1. The Morgan fingerprint density at radius 1 is 1.15 bits per heavy atom. The van der Waals surface area contributed by atoms with E-state index in [1.807, 2.05) is 58.0 Å². The van der Waals surface area contributed by atoms with Gasteiger partial charge < -0.3 is 38.9 Å². The van der Waals surface area contributed by atoms with Gasteiger partial charge in [-0.25, -0.2) is 4.79 Å². The smallest absolute Gasteiger partial charge is 0.410 e. The van der Waals surface area contributed by atoms with E-state index in [1.165, 1.54) is 0 Å². The molecule has 2 aliphatic carbocycles. The molecule has 2 heterocycles. The number of pyridine rings is 1. The molecule has 12 heteroatoms. The van der Waals surface area contributed by atoms with Gasteiger partial charge in [-0.1, -0.05) is 36.2 Å². The largest absolute Gasteiger partial charge is 0.487 e. The quantitative estimate of drug-likeness (QED) is 0.0678. The maximum absolute atomic E-state index is 13.7. The maximum Gasteiger partial charge on any atom is 0.410 e. The second-order valence-corrected chi connectivity index (χ2v) is 15.8. The average Bonchev–Trinajstić information content (AvgIpc) is 3.15. The zero-order valence-electron chi connectivity index (χ0n) is 32.5. The first-order valence-electron chi connectivity index (χ1n) is 19.2. The molecule has 0 spiro atoms. The van der Waals surface area contributed by atoms with Crippen LogP contribution in [0.25, 0.3) is 0 Å². The summed E-state index contributed by atoms with van der Waals surface area (Å²) in [5, 5.41) is 24.5.